The van der Waals surface area contributed by atoms with Crippen molar-refractivity contribution in [1.82, 2.24) is 5.32 Å². The summed E-state index contributed by atoms with van der Waals surface area (Å²) in [5, 5.41) is 3.14. The molecule has 2 atom stereocenters. The number of halogens is 9. The van der Waals surface area contributed by atoms with Crippen molar-refractivity contribution < 1.29 is 49.0 Å². The molecule has 1 heterocycles. The molecule has 12 heteroatoms. The number of rotatable bonds is 4. The molecule has 0 aromatic heterocycles. The van der Waals surface area contributed by atoms with Gasteiger partial charge in [-0.3, -0.25) is 0 Å². The van der Waals surface area contributed by atoms with Crippen LogP contribution in [-0.4, -0.2) is 37.6 Å². The quantitative estimate of drug-likeness (QED) is 0.430. The second kappa shape index (κ2) is 8.47. The van der Waals surface area contributed by atoms with E-state index in [4.69, 9.17) is 0 Å². The fourth-order valence-electron chi connectivity index (χ4n) is 4.24. The summed E-state index contributed by atoms with van der Waals surface area (Å²) in [5.74, 6) is -3.98. The fraction of sp³-hybridized carbons (Fsp3) is 0.409. The van der Waals surface area contributed by atoms with Crippen LogP contribution in [0.25, 0.3) is 0 Å². The first-order valence-electron chi connectivity index (χ1n) is 9.84. The van der Waals surface area contributed by atoms with E-state index >= 15 is 0 Å². The van der Waals surface area contributed by atoms with Crippen molar-refractivity contribution in [3.05, 3.63) is 71.3 Å². The zero-order valence-corrected chi connectivity index (χ0v) is 17.4. The van der Waals surface area contributed by atoms with Crippen molar-refractivity contribution in [3.63, 3.8) is 0 Å². The SMILES string of the molecule is C[C@@]1(c2ccccc2)CNC[C@@H]1c1ccc(C(OC(=O)C(F)(F)F)(C(F)(F)F)C(F)(F)F)cc1. The van der Waals surface area contributed by atoms with Crippen molar-refractivity contribution in [2.75, 3.05) is 13.1 Å². The maximum Gasteiger partial charge on any atom is 0.490 e. The standard InChI is InChI=1S/C22H18F9NO2/c1-18(14-5-3-2-4-6-14)12-32-11-16(18)13-7-9-15(10-8-13)19(21(26,27)28,22(29,30)31)34-17(33)20(23,24)25/h2-10,16,32H,11-12H2,1H3/t16-,18+/m1/s1. The smallest absolute Gasteiger partial charge is 0.428 e. The summed E-state index contributed by atoms with van der Waals surface area (Å²) < 4.78 is 123. The lowest BCUT2D eigenvalue weighted by atomic mass is 9.71. The molecule has 0 unspecified atom stereocenters. The normalized spacial score (nSPS) is 22.0. The average molecular weight is 499 g/mol. The zero-order chi connectivity index (χ0) is 25.6. The molecule has 0 aliphatic carbocycles. The molecular formula is C22H18F9NO2. The van der Waals surface area contributed by atoms with Gasteiger partial charge in [-0.25, -0.2) is 4.79 Å². The van der Waals surface area contributed by atoms with Crippen LogP contribution in [0, 0.1) is 0 Å². The lowest BCUT2D eigenvalue weighted by Crippen LogP contribution is -2.58. The molecule has 1 aliphatic heterocycles. The van der Waals surface area contributed by atoms with E-state index in [1.165, 1.54) is 0 Å². The molecule has 2 aromatic carbocycles. The highest BCUT2D eigenvalue weighted by Gasteiger charge is 2.76. The van der Waals surface area contributed by atoms with Gasteiger partial charge in [0.15, 0.2) is 0 Å². The van der Waals surface area contributed by atoms with E-state index in [1.807, 2.05) is 19.1 Å². The van der Waals surface area contributed by atoms with Gasteiger partial charge in [0.1, 0.15) is 0 Å². The van der Waals surface area contributed by atoms with E-state index in [9.17, 15) is 44.3 Å². The van der Waals surface area contributed by atoms with Crippen LogP contribution in [0.5, 0.6) is 0 Å². The molecule has 186 valence electrons. The van der Waals surface area contributed by atoms with Gasteiger partial charge in [0.2, 0.25) is 0 Å². The predicted octanol–water partition coefficient (Wildman–Crippen LogP) is 5.76. The van der Waals surface area contributed by atoms with Gasteiger partial charge in [-0.1, -0.05) is 61.5 Å². The Balaban J connectivity index is 2.08. The lowest BCUT2D eigenvalue weighted by Gasteiger charge is -2.37. The molecule has 1 N–H and O–H groups in total. The molecule has 0 saturated carbocycles. The van der Waals surface area contributed by atoms with Crippen LogP contribution in [-0.2, 0) is 20.5 Å². The summed E-state index contributed by atoms with van der Waals surface area (Å²) in [6.45, 7) is 2.71. The third kappa shape index (κ3) is 4.35. The first-order valence-corrected chi connectivity index (χ1v) is 9.84. The number of hydrogen-bond acceptors (Lipinski definition) is 3. The molecule has 0 radical (unpaired) electrons. The minimum absolute atomic E-state index is 0.359. The van der Waals surface area contributed by atoms with Crippen LogP contribution in [0.3, 0.4) is 0 Å². The minimum atomic E-state index is -6.43. The lowest BCUT2D eigenvalue weighted by molar-refractivity contribution is -0.382. The van der Waals surface area contributed by atoms with Gasteiger partial charge in [-0.2, -0.15) is 39.5 Å². The van der Waals surface area contributed by atoms with E-state index in [0.717, 1.165) is 17.7 Å². The summed E-state index contributed by atoms with van der Waals surface area (Å²) in [4.78, 5) is 11.1. The van der Waals surface area contributed by atoms with Gasteiger partial charge in [-0.05, 0) is 11.1 Å². The number of carbonyl (C=O) groups excluding carboxylic acids is 1. The van der Waals surface area contributed by atoms with Crippen molar-refractivity contribution >= 4 is 5.97 Å². The molecule has 1 saturated heterocycles. The second-order valence-corrected chi connectivity index (χ2v) is 8.15. The number of hydrogen-bond donors (Lipinski definition) is 1. The van der Waals surface area contributed by atoms with E-state index in [-0.39, 0.29) is 5.92 Å². The maximum atomic E-state index is 13.7. The first-order chi connectivity index (χ1) is 15.5. The van der Waals surface area contributed by atoms with Gasteiger partial charge >= 0.3 is 30.1 Å². The Bertz CT molecular complexity index is 1000. The molecular weight excluding hydrogens is 481 g/mol. The second-order valence-electron chi connectivity index (χ2n) is 8.15. The molecule has 34 heavy (non-hydrogen) atoms. The monoisotopic (exact) mass is 499 g/mol. The van der Waals surface area contributed by atoms with E-state index in [0.29, 0.717) is 30.8 Å². The topological polar surface area (TPSA) is 38.3 Å². The van der Waals surface area contributed by atoms with Gasteiger partial charge in [-0.15, -0.1) is 0 Å². The van der Waals surface area contributed by atoms with Crippen LogP contribution in [0.2, 0.25) is 0 Å². The van der Waals surface area contributed by atoms with Crippen LogP contribution >= 0.6 is 0 Å². The van der Waals surface area contributed by atoms with E-state index < -0.39 is 41.1 Å². The number of ether oxygens (including phenoxy) is 1. The Hall–Kier alpha value is -2.76. The molecule has 0 spiro atoms. The highest BCUT2D eigenvalue weighted by Crippen LogP contribution is 2.54. The molecule has 3 rings (SSSR count). The molecule has 1 aliphatic rings. The summed E-state index contributed by atoms with van der Waals surface area (Å²) in [5.41, 5.74) is -6.51. The van der Waals surface area contributed by atoms with Crippen molar-refractivity contribution in [3.8, 4) is 0 Å². The molecule has 0 bridgehead atoms. The van der Waals surface area contributed by atoms with Gasteiger partial charge < -0.3 is 10.1 Å². The Morgan fingerprint density at radius 2 is 1.41 bits per heavy atom. The average Bonchev–Trinajstić information content (AvgIpc) is 3.13. The number of nitrogens with one attached hydrogen (secondary N) is 1. The van der Waals surface area contributed by atoms with Crippen molar-refractivity contribution in [2.24, 2.45) is 0 Å². The predicted molar refractivity (Wildman–Crippen MR) is 102 cm³/mol. The number of carbonyl (C=O) groups is 1. The van der Waals surface area contributed by atoms with E-state index in [1.54, 1.807) is 18.2 Å². The third-order valence-corrected chi connectivity index (χ3v) is 6.04. The molecule has 2 aromatic rings. The third-order valence-electron chi connectivity index (χ3n) is 6.04. The Morgan fingerprint density at radius 3 is 1.88 bits per heavy atom. The summed E-state index contributed by atoms with van der Waals surface area (Å²) in [6.07, 6.45) is -18.9. The van der Waals surface area contributed by atoms with Gasteiger partial charge in [0.25, 0.3) is 0 Å². The summed E-state index contributed by atoms with van der Waals surface area (Å²) in [7, 11) is 0. The number of alkyl halides is 9. The maximum absolute atomic E-state index is 13.7. The van der Waals surface area contributed by atoms with Crippen molar-refractivity contribution in [1.29, 1.82) is 0 Å². The number of benzene rings is 2. The number of esters is 1. The zero-order valence-electron chi connectivity index (χ0n) is 17.4. The van der Waals surface area contributed by atoms with Crippen molar-refractivity contribution in [2.45, 2.75) is 42.4 Å². The minimum Gasteiger partial charge on any atom is -0.428 e. The highest BCUT2D eigenvalue weighted by molar-refractivity contribution is 5.76. The summed E-state index contributed by atoms with van der Waals surface area (Å²) in [6, 6.07) is 11.8. The Labute approximate surface area is 187 Å². The van der Waals surface area contributed by atoms with Crippen LogP contribution in [0.4, 0.5) is 39.5 Å². The first kappa shape index (κ1) is 25.9. The van der Waals surface area contributed by atoms with E-state index in [2.05, 4.69) is 10.1 Å². The largest absolute Gasteiger partial charge is 0.490 e. The van der Waals surface area contributed by atoms with Crippen LogP contribution in [0.1, 0.15) is 29.5 Å². The Kier molecular flexibility index (Phi) is 6.44. The summed E-state index contributed by atoms with van der Waals surface area (Å²) >= 11 is 0. The highest BCUT2D eigenvalue weighted by atomic mass is 19.4. The Morgan fingerprint density at radius 1 is 0.882 bits per heavy atom. The van der Waals surface area contributed by atoms with Gasteiger partial charge in [0, 0.05) is 30.0 Å². The molecule has 3 nitrogen and oxygen atoms in total. The van der Waals surface area contributed by atoms with Crippen LogP contribution < -0.4 is 5.32 Å². The molecule has 0 amide bonds. The fourth-order valence-corrected chi connectivity index (χ4v) is 4.24. The molecule has 1 fully saturated rings. The van der Waals surface area contributed by atoms with Crippen LogP contribution in [0.15, 0.2) is 54.6 Å². The van der Waals surface area contributed by atoms with Gasteiger partial charge in [0.05, 0.1) is 0 Å².